The number of nitrogens with one attached hydrogen (secondary N) is 2. The maximum Gasteiger partial charge on any atom is 0.00643 e. The SMILES string of the molecule is CCCC(CC)NCCCCCCCCCCCCNC(CC)CCC. The second-order valence-corrected chi connectivity index (χ2v) is 8.23. The number of hydrogen-bond acceptors (Lipinski definition) is 2. The normalized spacial score (nSPS) is 13.8. The third kappa shape index (κ3) is 17.3. The molecule has 2 heteroatoms. The lowest BCUT2D eigenvalue weighted by molar-refractivity contribution is 0.446. The van der Waals surface area contributed by atoms with Crippen molar-refractivity contribution in [3.8, 4) is 0 Å². The molecule has 0 aliphatic rings. The Morgan fingerprint density at radius 3 is 1.04 bits per heavy atom. The van der Waals surface area contributed by atoms with Crippen LogP contribution in [0.4, 0.5) is 0 Å². The van der Waals surface area contributed by atoms with Crippen LogP contribution in [0.25, 0.3) is 0 Å². The van der Waals surface area contributed by atoms with Gasteiger partial charge in [-0.05, 0) is 51.6 Å². The van der Waals surface area contributed by atoms with Crippen molar-refractivity contribution in [2.75, 3.05) is 13.1 Å². The first-order valence-corrected chi connectivity index (χ1v) is 12.2. The highest BCUT2D eigenvalue weighted by Gasteiger charge is 2.03. The Bertz CT molecular complexity index is 229. The molecule has 0 saturated carbocycles. The van der Waals surface area contributed by atoms with E-state index in [0.29, 0.717) is 0 Å². The molecule has 0 aromatic carbocycles. The average molecular weight is 369 g/mol. The van der Waals surface area contributed by atoms with E-state index < -0.39 is 0 Å². The van der Waals surface area contributed by atoms with Crippen LogP contribution >= 0.6 is 0 Å². The zero-order valence-corrected chi connectivity index (χ0v) is 18.9. The van der Waals surface area contributed by atoms with Crippen molar-refractivity contribution in [2.45, 2.75) is 143 Å². The van der Waals surface area contributed by atoms with E-state index in [1.165, 1.54) is 116 Å². The van der Waals surface area contributed by atoms with Gasteiger partial charge in [0.15, 0.2) is 0 Å². The van der Waals surface area contributed by atoms with Crippen LogP contribution in [0, 0.1) is 0 Å². The fourth-order valence-electron chi connectivity index (χ4n) is 3.87. The van der Waals surface area contributed by atoms with E-state index in [1.807, 2.05) is 0 Å². The van der Waals surface area contributed by atoms with E-state index in [-0.39, 0.29) is 0 Å². The molecule has 2 nitrogen and oxygen atoms in total. The Morgan fingerprint density at radius 1 is 0.462 bits per heavy atom. The van der Waals surface area contributed by atoms with Crippen LogP contribution in [-0.2, 0) is 0 Å². The Labute approximate surface area is 166 Å². The zero-order chi connectivity index (χ0) is 19.3. The molecule has 0 bridgehead atoms. The molecule has 0 saturated heterocycles. The first-order chi connectivity index (χ1) is 12.8. The quantitative estimate of drug-likeness (QED) is 0.209. The van der Waals surface area contributed by atoms with Crippen LogP contribution in [0.1, 0.15) is 130 Å². The van der Waals surface area contributed by atoms with Crippen molar-refractivity contribution in [3.63, 3.8) is 0 Å². The predicted octanol–water partition coefficient (Wildman–Crippen LogP) is 7.22. The Morgan fingerprint density at radius 2 is 0.769 bits per heavy atom. The van der Waals surface area contributed by atoms with Crippen molar-refractivity contribution in [2.24, 2.45) is 0 Å². The van der Waals surface area contributed by atoms with Gasteiger partial charge < -0.3 is 10.6 Å². The summed E-state index contributed by atoms with van der Waals surface area (Å²) >= 11 is 0. The Kier molecular flexibility index (Phi) is 21.2. The summed E-state index contributed by atoms with van der Waals surface area (Å²) in [7, 11) is 0. The summed E-state index contributed by atoms with van der Waals surface area (Å²) in [6.45, 7) is 11.6. The highest BCUT2D eigenvalue weighted by molar-refractivity contribution is 4.64. The van der Waals surface area contributed by atoms with Crippen LogP contribution < -0.4 is 10.6 Å². The molecule has 2 N–H and O–H groups in total. The van der Waals surface area contributed by atoms with E-state index in [1.54, 1.807) is 0 Å². The minimum Gasteiger partial charge on any atom is -0.314 e. The molecule has 0 aliphatic carbocycles. The van der Waals surface area contributed by atoms with Crippen molar-refractivity contribution in [1.29, 1.82) is 0 Å². The van der Waals surface area contributed by atoms with Gasteiger partial charge >= 0.3 is 0 Å². The van der Waals surface area contributed by atoms with Gasteiger partial charge in [-0.1, -0.05) is 91.9 Å². The molecular weight excluding hydrogens is 316 g/mol. The lowest BCUT2D eigenvalue weighted by Crippen LogP contribution is -2.29. The van der Waals surface area contributed by atoms with E-state index in [4.69, 9.17) is 0 Å². The molecule has 0 aromatic heterocycles. The summed E-state index contributed by atoms with van der Waals surface area (Å²) in [6, 6.07) is 1.52. The molecule has 0 fully saturated rings. The van der Waals surface area contributed by atoms with Gasteiger partial charge in [-0.25, -0.2) is 0 Å². The first-order valence-electron chi connectivity index (χ1n) is 12.2. The maximum absolute atomic E-state index is 3.72. The highest BCUT2D eigenvalue weighted by Crippen LogP contribution is 2.11. The molecule has 0 aliphatic heterocycles. The van der Waals surface area contributed by atoms with Gasteiger partial charge in [0.2, 0.25) is 0 Å². The fourth-order valence-corrected chi connectivity index (χ4v) is 3.87. The van der Waals surface area contributed by atoms with Gasteiger partial charge in [-0.15, -0.1) is 0 Å². The number of rotatable bonds is 21. The molecule has 2 atom stereocenters. The molecule has 0 spiro atoms. The lowest BCUT2D eigenvalue weighted by Gasteiger charge is -2.15. The number of hydrogen-bond donors (Lipinski definition) is 2. The predicted molar refractivity (Wildman–Crippen MR) is 120 cm³/mol. The molecule has 0 heterocycles. The minimum atomic E-state index is 0.759. The van der Waals surface area contributed by atoms with Crippen LogP contribution in [0.3, 0.4) is 0 Å². The van der Waals surface area contributed by atoms with Crippen LogP contribution in [0.5, 0.6) is 0 Å². The largest absolute Gasteiger partial charge is 0.314 e. The summed E-state index contributed by atoms with van der Waals surface area (Å²) in [4.78, 5) is 0. The fraction of sp³-hybridized carbons (Fsp3) is 1.00. The molecule has 26 heavy (non-hydrogen) atoms. The Hall–Kier alpha value is -0.0800. The molecule has 0 aromatic rings. The van der Waals surface area contributed by atoms with E-state index in [2.05, 4.69) is 38.3 Å². The standard InChI is InChI=1S/C24H52N2/c1-5-19-23(7-3)25-21-17-15-13-11-9-10-12-14-16-18-22-26-24(8-4)20-6-2/h23-26H,5-22H2,1-4H3. The molecule has 2 unspecified atom stereocenters. The topological polar surface area (TPSA) is 24.1 Å². The van der Waals surface area contributed by atoms with Crippen LogP contribution in [0.2, 0.25) is 0 Å². The smallest absolute Gasteiger partial charge is 0.00643 e. The van der Waals surface area contributed by atoms with Crippen molar-refractivity contribution >= 4 is 0 Å². The second-order valence-electron chi connectivity index (χ2n) is 8.23. The van der Waals surface area contributed by atoms with Gasteiger partial charge in [0.25, 0.3) is 0 Å². The average Bonchev–Trinajstić information content (AvgIpc) is 2.66. The second kappa shape index (κ2) is 21.2. The van der Waals surface area contributed by atoms with Crippen molar-refractivity contribution in [1.82, 2.24) is 10.6 Å². The van der Waals surface area contributed by atoms with Crippen LogP contribution in [-0.4, -0.2) is 25.2 Å². The highest BCUT2D eigenvalue weighted by atomic mass is 14.9. The van der Waals surface area contributed by atoms with Gasteiger partial charge in [-0.3, -0.25) is 0 Å². The molecule has 0 radical (unpaired) electrons. The van der Waals surface area contributed by atoms with Gasteiger partial charge in [0.05, 0.1) is 0 Å². The van der Waals surface area contributed by atoms with E-state index in [9.17, 15) is 0 Å². The van der Waals surface area contributed by atoms with Crippen LogP contribution in [0.15, 0.2) is 0 Å². The molecule has 0 amide bonds. The van der Waals surface area contributed by atoms with Gasteiger partial charge in [-0.2, -0.15) is 0 Å². The Balaban J connectivity index is 3.20. The third-order valence-electron chi connectivity index (χ3n) is 5.73. The summed E-state index contributed by atoms with van der Waals surface area (Å²) in [5.74, 6) is 0. The zero-order valence-electron chi connectivity index (χ0n) is 18.9. The lowest BCUT2D eigenvalue weighted by atomic mass is 10.1. The van der Waals surface area contributed by atoms with Crippen molar-refractivity contribution < 1.29 is 0 Å². The minimum absolute atomic E-state index is 0.759. The summed E-state index contributed by atoms with van der Waals surface area (Å²) in [5.41, 5.74) is 0. The van der Waals surface area contributed by atoms with Gasteiger partial charge in [0.1, 0.15) is 0 Å². The monoisotopic (exact) mass is 368 g/mol. The van der Waals surface area contributed by atoms with E-state index >= 15 is 0 Å². The van der Waals surface area contributed by atoms with Crippen molar-refractivity contribution in [3.05, 3.63) is 0 Å². The number of unbranched alkanes of at least 4 members (excludes halogenated alkanes) is 9. The van der Waals surface area contributed by atoms with Gasteiger partial charge in [0, 0.05) is 12.1 Å². The summed E-state index contributed by atoms with van der Waals surface area (Å²) < 4.78 is 0. The first kappa shape index (κ1) is 25.9. The molecular formula is C24H52N2. The van der Waals surface area contributed by atoms with E-state index in [0.717, 1.165) is 12.1 Å². The molecule has 158 valence electrons. The maximum atomic E-state index is 3.72. The molecule has 0 rings (SSSR count). The third-order valence-corrected chi connectivity index (χ3v) is 5.73. The summed E-state index contributed by atoms with van der Waals surface area (Å²) in [5, 5.41) is 7.44. The summed E-state index contributed by atoms with van der Waals surface area (Å²) in [6.07, 6.45) is 22.1.